The minimum absolute atomic E-state index is 0.0194. The topological polar surface area (TPSA) is 141 Å². The van der Waals surface area contributed by atoms with Gasteiger partial charge < -0.3 is 26.2 Å². The first-order valence-corrected chi connectivity index (χ1v) is 12.7. The van der Waals surface area contributed by atoms with Gasteiger partial charge >= 0.3 is 5.97 Å². The van der Waals surface area contributed by atoms with Crippen LogP contribution < -0.4 is 16.0 Å². The molecule has 200 valence electrons. The lowest BCUT2D eigenvalue weighted by Gasteiger charge is -2.23. The number of carbonyl (C=O) groups excluding carboxylic acids is 2. The van der Waals surface area contributed by atoms with E-state index in [1.807, 2.05) is 60.7 Å². The van der Waals surface area contributed by atoms with Crippen molar-refractivity contribution in [3.63, 3.8) is 0 Å². The van der Waals surface area contributed by atoms with Crippen molar-refractivity contribution in [3.8, 4) is 11.1 Å². The number of carboxylic acid groups (broad SMARTS) is 1. The molecule has 5 N–H and O–H groups in total. The number of aliphatic hydroxyl groups is 1. The van der Waals surface area contributed by atoms with E-state index in [9.17, 15) is 24.6 Å². The zero-order valence-electron chi connectivity index (χ0n) is 21.2. The van der Waals surface area contributed by atoms with Crippen LogP contribution in [0, 0.1) is 0 Å². The van der Waals surface area contributed by atoms with Gasteiger partial charge in [-0.05, 0) is 48.1 Å². The second kappa shape index (κ2) is 15.1. The number of anilines is 1. The van der Waals surface area contributed by atoms with Crippen molar-refractivity contribution in [1.29, 1.82) is 0 Å². The number of aromatic nitrogens is 1. The lowest BCUT2D eigenvalue weighted by molar-refractivity contribution is -0.138. The van der Waals surface area contributed by atoms with Crippen LogP contribution in [0.15, 0.2) is 79.0 Å². The van der Waals surface area contributed by atoms with E-state index in [-0.39, 0.29) is 31.8 Å². The third-order valence-electron chi connectivity index (χ3n) is 5.99. The van der Waals surface area contributed by atoms with Crippen LogP contribution in [0.1, 0.15) is 43.7 Å². The lowest BCUT2D eigenvalue weighted by atomic mass is 9.98. The van der Waals surface area contributed by atoms with E-state index >= 15 is 0 Å². The van der Waals surface area contributed by atoms with Gasteiger partial charge in [-0.15, -0.1) is 0 Å². The smallest absolute Gasteiger partial charge is 0.305 e. The highest BCUT2D eigenvalue weighted by molar-refractivity contribution is 5.88. The predicted molar refractivity (Wildman–Crippen MR) is 145 cm³/mol. The molecule has 1 unspecified atom stereocenters. The molecule has 0 aliphatic rings. The summed E-state index contributed by atoms with van der Waals surface area (Å²) in [7, 11) is 0. The maximum absolute atomic E-state index is 13.0. The Morgan fingerprint density at radius 2 is 1.55 bits per heavy atom. The summed E-state index contributed by atoms with van der Waals surface area (Å²) < 4.78 is 0. The fourth-order valence-corrected chi connectivity index (χ4v) is 4.00. The maximum Gasteiger partial charge on any atom is 0.305 e. The monoisotopic (exact) mass is 518 g/mol. The third kappa shape index (κ3) is 9.33. The Kier molecular flexibility index (Phi) is 11.3. The summed E-state index contributed by atoms with van der Waals surface area (Å²) in [5, 5.41) is 27.5. The summed E-state index contributed by atoms with van der Waals surface area (Å²) in [5.74, 6) is -1.15. The van der Waals surface area contributed by atoms with Gasteiger partial charge in [-0.1, -0.05) is 60.7 Å². The molecule has 0 saturated carbocycles. The summed E-state index contributed by atoms with van der Waals surface area (Å²) in [5.41, 5.74) is 2.63. The summed E-state index contributed by atoms with van der Waals surface area (Å²) in [6, 6.07) is 20.9. The van der Waals surface area contributed by atoms with Gasteiger partial charge in [0, 0.05) is 25.8 Å². The van der Waals surface area contributed by atoms with E-state index in [0.29, 0.717) is 18.5 Å². The minimum atomic E-state index is -1.07. The highest BCUT2D eigenvalue weighted by atomic mass is 16.4. The quantitative estimate of drug-likeness (QED) is 0.194. The molecule has 2 aromatic carbocycles. The van der Waals surface area contributed by atoms with Crippen LogP contribution in [0.25, 0.3) is 11.1 Å². The molecule has 9 nitrogen and oxygen atoms in total. The fraction of sp³-hybridized carbons (Fsp3) is 0.310. The molecule has 9 heteroatoms. The average molecular weight is 519 g/mol. The van der Waals surface area contributed by atoms with Crippen LogP contribution in [-0.4, -0.2) is 52.2 Å². The Hall–Kier alpha value is -4.24. The van der Waals surface area contributed by atoms with Gasteiger partial charge in [-0.2, -0.15) is 0 Å². The van der Waals surface area contributed by atoms with Gasteiger partial charge in [0.1, 0.15) is 11.9 Å². The first-order chi connectivity index (χ1) is 18.5. The molecule has 1 aromatic heterocycles. The largest absolute Gasteiger partial charge is 0.481 e. The molecular weight excluding hydrogens is 484 g/mol. The second-order valence-corrected chi connectivity index (χ2v) is 8.88. The molecular formula is C29H34N4O5. The zero-order valence-corrected chi connectivity index (χ0v) is 21.2. The van der Waals surface area contributed by atoms with E-state index in [1.165, 1.54) is 0 Å². The minimum Gasteiger partial charge on any atom is -0.481 e. The van der Waals surface area contributed by atoms with Crippen molar-refractivity contribution in [1.82, 2.24) is 15.6 Å². The van der Waals surface area contributed by atoms with E-state index < -0.39 is 24.0 Å². The molecule has 0 saturated heterocycles. The Labute approximate surface area is 222 Å². The summed E-state index contributed by atoms with van der Waals surface area (Å²) in [6.07, 6.45) is 2.96. The molecule has 0 aliphatic heterocycles. The SMILES string of the molecule is O=C(O)CC(NC(=O)[C@@H](CCO)NC(=O)CCCCNc1ccccn1)c1ccc(-c2ccccc2)cc1. The van der Waals surface area contributed by atoms with Crippen molar-refractivity contribution in [3.05, 3.63) is 84.6 Å². The molecule has 1 heterocycles. The number of hydrogen-bond acceptors (Lipinski definition) is 6. The van der Waals surface area contributed by atoms with Crippen molar-refractivity contribution < 1.29 is 24.6 Å². The van der Waals surface area contributed by atoms with Crippen LogP contribution >= 0.6 is 0 Å². The molecule has 0 aliphatic carbocycles. The number of aliphatic hydroxyl groups excluding tert-OH is 1. The highest BCUT2D eigenvalue weighted by Gasteiger charge is 2.25. The second-order valence-electron chi connectivity index (χ2n) is 8.88. The normalized spacial score (nSPS) is 12.2. The van der Waals surface area contributed by atoms with Crippen LogP contribution in [0.4, 0.5) is 5.82 Å². The Bertz CT molecular complexity index is 1160. The lowest BCUT2D eigenvalue weighted by Crippen LogP contribution is -2.48. The predicted octanol–water partition coefficient (Wildman–Crippen LogP) is 3.53. The number of unbranched alkanes of at least 4 members (excludes halogenated alkanes) is 1. The number of carboxylic acids is 1. The number of benzene rings is 2. The highest BCUT2D eigenvalue weighted by Crippen LogP contribution is 2.23. The number of nitrogens with zero attached hydrogens (tertiary/aromatic N) is 1. The number of pyridine rings is 1. The number of nitrogens with one attached hydrogen (secondary N) is 3. The standard InChI is InChI=1S/C29H34N4O5/c34-19-16-24(32-27(35)11-5-7-18-31-26-10-4-6-17-30-26)29(38)33-25(20-28(36)37)23-14-12-22(13-15-23)21-8-2-1-3-9-21/h1-4,6,8-10,12-15,17,24-25,34H,5,7,11,16,18-20H2,(H,30,31)(H,32,35)(H,33,38)(H,36,37)/t24-,25?/m1/s1. The van der Waals surface area contributed by atoms with Gasteiger partial charge in [0.2, 0.25) is 11.8 Å². The molecule has 0 bridgehead atoms. The maximum atomic E-state index is 13.0. The first kappa shape index (κ1) is 28.3. The molecule has 2 atom stereocenters. The van der Waals surface area contributed by atoms with E-state index in [0.717, 1.165) is 23.4 Å². The number of hydrogen-bond donors (Lipinski definition) is 5. The molecule has 0 fully saturated rings. The van der Waals surface area contributed by atoms with Crippen LogP contribution in [0.3, 0.4) is 0 Å². The van der Waals surface area contributed by atoms with Gasteiger partial charge in [0.15, 0.2) is 0 Å². The molecule has 3 rings (SSSR count). The van der Waals surface area contributed by atoms with E-state index in [4.69, 9.17) is 0 Å². The number of amides is 2. The fourth-order valence-electron chi connectivity index (χ4n) is 4.00. The Balaban J connectivity index is 1.54. The van der Waals surface area contributed by atoms with Gasteiger partial charge in [-0.25, -0.2) is 4.98 Å². The van der Waals surface area contributed by atoms with Crippen LogP contribution in [-0.2, 0) is 14.4 Å². The van der Waals surface area contributed by atoms with E-state index in [1.54, 1.807) is 18.3 Å². The number of rotatable bonds is 15. The van der Waals surface area contributed by atoms with Crippen LogP contribution in [0.5, 0.6) is 0 Å². The molecule has 2 amide bonds. The van der Waals surface area contributed by atoms with Gasteiger partial charge in [0.05, 0.1) is 12.5 Å². The molecule has 3 aromatic rings. The third-order valence-corrected chi connectivity index (χ3v) is 5.99. The van der Waals surface area contributed by atoms with Crippen molar-refractivity contribution in [2.45, 2.75) is 44.2 Å². The van der Waals surface area contributed by atoms with Crippen LogP contribution in [0.2, 0.25) is 0 Å². The molecule has 0 spiro atoms. The zero-order chi connectivity index (χ0) is 27.2. The van der Waals surface area contributed by atoms with Gasteiger partial charge in [-0.3, -0.25) is 14.4 Å². The number of carbonyl (C=O) groups is 3. The average Bonchev–Trinajstić information content (AvgIpc) is 2.93. The van der Waals surface area contributed by atoms with E-state index in [2.05, 4.69) is 20.9 Å². The molecule has 0 radical (unpaired) electrons. The summed E-state index contributed by atoms with van der Waals surface area (Å²) in [6.45, 7) is 0.354. The molecule has 38 heavy (non-hydrogen) atoms. The van der Waals surface area contributed by atoms with Crippen molar-refractivity contribution in [2.75, 3.05) is 18.5 Å². The summed E-state index contributed by atoms with van der Waals surface area (Å²) in [4.78, 5) is 41.2. The first-order valence-electron chi connectivity index (χ1n) is 12.7. The Morgan fingerprint density at radius 1 is 0.842 bits per heavy atom. The van der Waals surface area contributed by atoms with Crippen molar-refractivity contribution >= 4 is 23.6 Å². The number of aliphatic carboxylic acids is 1. The van der Waals surface area contributed by atoms with Gasteiger partial charge in [0.25, 0.3) is 0 Å². The summed E-state index contributed by atoms with van der Waals surface area (Å²) >= 11 is 0. The Morgan fingerprint density at radius 3 is 2.21 bits per heavy atom. The van der Waals surface area contributed by atoms with Crippen molar-refractivity contribution in [2.24, 2.45) is 0 Å².